The Morgan fingerprint density at radius 1 is 1.44 bits per heavy atom. The van der Waals surface area contributed by atoms with Crippen LogP contribution in [0.5, 0.6) is 0 Å². The van der Waals surface area contributed by atoms with E-state index in [-0.39, 0.29) is 5.69 Å². The number of pyridine rings is 1. The second-order valence-corrected chi connectivity index (χ2v) is 5.10. The molecule has 0 radical (unpaired) electrons. The first-order valence-corrected chi connectivity index (χ1v) is 6.25. The summed E-state index contributed by atoms with van der Waals surface area (Å²) in [5, 5.41) is 12.2. The highest BCUT2D eigenvalue weighted by Gasteiger charge is 2.30. The van der Waals surface area contributed by atoms with E-state index in [1.54, 1.807) is 6.07 Å². The third-order valence-corrected chi connectivity index (χ3v) is 3.93. The van der Waals surface area contributed by atoms with Gasteiger partial charge in [0.1, 0.15) is 5.82 Å². The van der Waals surface area contributed by atoms with Crippen molar-refractivity contribution >= 4 is 17.5 Å². The van der Waals surface area contributed by atoms with Gasteiger partial charge in [-0.15, -0.1) is 0 Å². The summed E-state index contributed by atoms with van der Waals surface area (Å²) in [7, 11) is 0. The van der Waals surface area contributed by atoms with Gasteiger partial charge in [0, 0.05) is 6.04 Å². The molecule has 4 N–H and O–H groups in total. The first kappa shape index (κ1) is 12.7. The van der Waals surface area contributed by atoms with Gasteiger partial charge in [-0.25, -0.2) is 9.78 Å². The van der Waals surface area contributed by atoms with Crippen molar-refractivity contribution in [3.8, 4) is 0 Å². The molecule has 0 aliphatic heterocycles. The zero-order chi connectivity index (χ0) is 13.3. The fourth-order valence-corrected chi connectivity index (χ4v) is 2.45. The number of aromatic nitrogens is 1. The van der Waals surface area contributed by atoms with Crippen LogP contribution in [0.4, 0.5) is 11.5 Å². The quantitative estimate of drug-likeness (QED) is 0.764. The number of nitrogens with two attached hydrogens (primary N) is 1. The molecule has 0 amide bonds. The van der Waals surface area contributed by atoms with Gasteiger partial charge >= 0.3 is 5.97 Å². The largest absolute Gasteiger partial charge is 0.477 e. The number of nitrogen functional groups attached to an aromatic ring is 1. The number of anilines is 2. The van der Waals surface area contributed by atoms with Crippen LogP contribution in [0.15, 0.2) is 12.1 Å². The van der Waals surface area contributed by atoms with Crippen LogP contribution in [0.3, 0.4) is 0 Å². The Kier molecular flexibility index (Phi) is 3.41. The molecule has 3 atom stereocenters. The fourth-order valence-electron chi connectivity index (χ4n) is 2.45. The molecule has 1 aromatic heterocycles. The van der Waals surface area contributed by atoms with Gasteiger partial charge in [0.15, 0.2) is 5.69 Å². The minimum absolute atomic E-state index is 0.0189. The molecule has 2 rings (SSSR count). The molecule has 1 aliphatic rings. The lowest BCUT2D eigenvalue weighted by atomic mass is 9.98. The number of hydrogen-bond acceptors (Lipinski definition) is 4. The van der Waals surface area contributed by atoms with Crippen LogP contribution < -0.4 is 11.1 Å². The second kappa shape index (κ2) is 4.84. The van der Waals surface area contributed by atoms with Gasteiger partial charge in [-0.3, -0.25) is 0 Å². The van der Waals surface area contributed by atoms with E-state index in [0.717, 1.165) is 6.42 Å². The molecule has 0 aromatic carbocycles. The van der Waals surface area contributed by atoms with Crippen molar-refractivity contribution in [2.24, 2.45) is 11.8 Å². The Morgan fingerprint density at radius 3 is 2.72 bits per heavy atom. The predicted octanol–water partition coefficient (Wildman–Crippen LogP) is 2.21. The van der Waals surface area contributed by atoms with E-state index < -0.39 is 5.97 Å². The van der Waals surface area contributed by atoms with Crippen molar-refractivity contribution in [2.75, 3.05) is 11.1 Å². The third-order valence-electron chi connectivity index (χ3n) is 3.93. The van der Waals surface area contributed by atoms with E-state index in [1.165, 1.54) is 12.5 Å². The van der Waals surface area contributed by atoms with Gasteiger partial charge in [-0.1, -0.05) is 13.8 Å². The average molecular weight is 249 g/mol. The molecule has 18 heavy (non-hydrogen) atoms. The van der Waals surface area contributed by atoms with Crippen LogP contribution in [0, 0.1) is 11.8 Å². The van der Waals surface area contributed by atoms with E-state index in [9.17, 15) is 4.79 Å². The highest BCUT2D eigenvalue weighted by molar-refractivity contribution is 5.86. The summed E-state index contributed by atoms with van der Waals surface area (Å²) < 4.78 is 0. The topological polar surface area (TPSA) is 88.2 Å². The van der Waals surface area contributed by atoms with Crippen molar-refractivity contribution < 1.29 is 9.90 Å². The standard InChI is InChI=1S/C13H19N3O2/c1-7-3-5-10(8(7)2)15-12-9(14)4-6-11(16-12)13(17)18/h4,6-8,10H,3,5,14H2,1-2H3,(H,15,16)(H,17,18). The Morgan fingerprint density at radius 2 is 2.17 bits per heavy atom. The maximum absolute atomic E-state index is 10.9. The molecule has 1 aromatic rings. The Labute approximate surface area is 106 Å². The number of carboxylic acid groups (broad SMARTS) is 1. The van der Waals surface area contributed by atoms with Crippen LogP contribution in [-0.2, 0) is 0 Å². The van der Waals surface area contributed by atoms with Crippen molar-refractivity contribution in [1.29, 1.82) is 0 Å². The zero-order valence-corrected chi connectivity index (χ0v) is 10.7. The van der Waals surface area contributed by atoms with Crippen LogP contribution in [0.25, 0.3) is 0 Å². The molecule has 5 heteroatoms. The van der Waals surface area contributed by atoms with Gasteiger partial charge in [-0.2, -0.15) is 0 Å². The highest BCUT2D eigenvalue weighted by atomic mass is 16.4. The van der Waals surface area contributed by atoms with Gasteiger partial charge in [-0.05, 0) is 36.8 Å². The Hall–Kier alpha value is -1.78. The Bertz CT molecular complexity index is 462. The van der Waals surface area contributed by atoms with E-state index in [1.807, 2.05) is 0 Å². The minimum Gasteiger partial charge on any atom is -0.477 e. The smallest absolute Gasteiger partial charge is 0.354 e. The lowest BCUT2D eigenvalue weighted by molar-refractivity contribution is 0.0690. The van der Waals surface area contributed by atoms with E-state index in [2.05, 4.69) is 24.1 Å². The van der Waals surface area contributed by atoms with Crippen LogP contribution in [0.2, 0.25) is 0 Å². The fraction of sp³-hybridized carbons (Fsp3) is 0.538. The minimum atomic E-state index is -1.04. The van der Waals surface area contributed by atoms with Crippen molar-refractivity contribution in [1.82, 2.24) is 4.98 Å². The van der Waals surface area contributed by atoms with E-state index in [4.69, 9.17) is 10.8 Å². The third kappa shape index (κ3) is 2.39. The van der Waals surface area contributed by atoms with E-state index in [0.29, 0.717) is 29.4 Å². The summed E-state index contributed by atoms with van der Waals surface area (Å²) in [6, 6.07) is 3.32. The van der Waals surface area contributed by atoms with Crippen molar-refractivity contribution in [3.63, 3.8) is 0 Å². The van der Waals surface area contributed by atoms with Crippen LogP contribution in [-0.4, -0.2) is 22.1 Å². The lowest BCUT2D eigenvalue weighted by Gasteiger charge is -2.21. The van der Waals surface area contributed by atoms with Crippen LogP contribution in [0.1, 0.15) is 37.2 Å². The molecule has 0 saturated heterocycles. The molecule has 98 valence electrons. The summed E-state index contributed by atoms with van der Waals surface area (Å²) in [6.07, 6.45) is 2.25. The summed E-state index contributed by atoms with van der Waals surface area (Å²) in [4.78, 5) is 14.9. The second-order valence-electron chi connectivity index (χ2n) is 5.10. The normalized spacial score (nSPS) is 27.1. The molecular weight excluding hydrogens is 230 g/mol. The zero-order valence-electron chi connectivity index (χ0n) is 10.7. The number of nitrogens with one attached hydrogen (secondary N) is 1. The van der Waals surface area contributed by atoms with Gasteiger partial charge in [0.05, 0.1) is 5.69 Å². The van der Waals surface area contributed by atoms with Gasteiger partial charge in [0.25, 0.3) is 0 Å². The average Bonchev–Trinajstić information content (AvgIpc) is 2.63. The van der Waals surface area contributed by atoms with Gasteiger partial charge < -0.3 is 16.2 Å². The summed E-state index contributed by atoms with van der Waals surface area (Å²) >= 11 is 0. The molecule has 0 spiro atoms. The number of carbonyl (C=O) groups is 1. The molecule has 1 fully saturated rings. The number of rotatable bonds is 3. The van der Waals surface area contributed by atoms with E-state index >= 15 is 0 Å². The maximum Gasteiger partial charge on any atom is 0.354 e. The molecular formula is C13H19N3O2. The molecule has 0 bridgehead atoms. The summed E-state index contributed by atoms with van der Waals surface area (Å²) in [5.74, 6) is 0.665. The monoisotopic (exact) mass is 249 g/mol. The molecule has 1 aliphatic carbocycles. The first-order valence-electron chi connectivity index (χ1n) is 6.25. The number of aromatic carboxylic acids is 1. The predicted molar refractivity (Wildman–Crippen MR) is 70.6 cm³/mol. The molecule has 5 nitrogen and oxygen atoms in total. The number of hydrogen-bond donors (Lipinski definition) is 3. The molecule has 3 unspecified atom stereocenters. The first-order chi connectivity index (χ1) is 8.49. The molecule has 1 saturated carbocycles. The van der Waals surface area contributed by atoms with Crippen molar-refractivity contribution in [3.05, 3.63) is 17.8 Å². The number of nitrogens with zero attached hydrogens (tertiary/aromatic N) is 1. The molecule has 1 heterocycles. The van der Waals surface area contributed by atoms with Crippen LogP contribution >= 0.6 is 0 Å². The summed E-state index contributed by atoms with van der Waals surface area (Å²) in [5.41, 5.74) is 6.34. The van der Waals surface area contributed by atoms with Crippen molar-refractivity contribution in [2.45, 2.75) is 32.7 Å². The van der Waals surface area contributed by atoms with Gasteiger partial charge in [0.2, 0.25) is 0 Å². The Balaban J connectivity index is 2.18. The number of carboxylic acids is 1. The SMILES string of the molecule is CC1CCC(Nc2nc(C(=O)O)ccc2N)C1C. The lowest BCUT2D eigenvalue weighted by Crippen LogP contribution is -2.25. The summed E-state index contributed by atoms with van der Waals surface area (Å²) in [6.45, 7) is 4.43. The highest BCUT2D eigenvalue weighted by Crippen LogP contribution is 2.33. The maximum atomic E-state index is 10.9.